The molecule has 1 heterocycles. The first-order valence-electron chi connectivity index (χ1n) is 7.08. The molecule has 3 rings (SSSR count). The Bertz CT molecular complexity index is 748. The van der Waals surface area contributed by atoms with E-state index in [2.05, 4.69) is 26.3 Å². The molecule has 23 heavy (non-hydrogen) atoms. The van der Waals surface area contributed by atoms with Gasteiger partial charge < -0.3 is 10.1 Å². The number of ether oxygens (including phenoxy) is 1. The van der Waals surface area contributed by atoms with Gasteiger partial charge in [-0.05, 0) is 25.1 Å². The number of hydrogen-bond acceptors (Lipinski definition) is 4. The number of benzene rings is 1. The van der Waals surface area contributed by atoms with E-state index in [-0.39, 0.29) is 24.4 Å². The lowest BCUT2D eigenvalue weighted by Gasteiger charge is -2.04. The number of carbonyl (C=O) groups is 1. The summed E-state index contributed by atoms with van der Waals surface area (Å²) in [4.78, 5) is 12.0. The Morgan fingerprint density at radius 3 is 2.91 bits per heavy atom. The summed E-state index contributed by atoms with van der Waals surface area (Å²) >= 11 is 3.36. The van der Waals surface area contributed by atoms with Crippen LogP contribution in [0.5, 0.6) is 0 Å². The first-order valence-corrected chi connectivity index (χ1v) is 7.87. The van der Waals surface area contributed by atoms with E-state index in [9.17, 15) is 13.6 Å². The van der Waals surface area contributed by atoms with E-state index in [1.54, 1.807) is 19.1 Å². The Morgan fingerprint density at radius 2 is 2.30 bits per heavy atom. The van der Waals surface area contributed by atoms with Crippen LogP contribution in [0.15, 0.2) is 34.9 Å². The molecule has 5 nitrogen and oxygen atoms in total. The molecule has 1 atom stereocenters. The highest BCUT2D eigenvalue weighted by Crippen LogP contribution is 2.44. The van der Waals surface area contributed by atoms with Crippen molar-refractivity contribution in [1.29, 1.82) is 0 Å². The molecule has 1 aromatic heterocycles. The lowest BCUT2D eigenvalue weighted by molar-refractivity contribution is 0.0519. The molecule has 0 aliphatic heterocycles. The molecule has 122 valence electrons. The average Bonchev–Trinajstić information content (AvgIpc) is 2.91. The SMILES string of the molecule is CCOC(=O)c1nn(-c2cccc(Br)c2)cc1NC1CC1(F)F. The average molecular weight is 386 g/mol. The predicted octanol–water partition coefficient (Wildman–Crippen LogP) is 3.63. The van der Waals surface area contributed by atoms with Gasteiger partial charge in [0.1, 0.15) is 0 Å². The van der Waals surface area contributed by atoms with Crippen LogP contribution in [0.1, 0.15) is 23.8 Å². The third kappa shape index (κ3) is 3.36. The van der Waals surface area contributed by atoms with Gasteiger partial charge >= 0.3 is 5.97 Å². The number of nitrogens with one attached hydrogen (secondary N) is 1. The Labute approximate surface area is 139 Å². The normalized spacial score (nSPS) is 18.5. The van der Waals surface area contributed by atoms with Gasteiger partial charge in [0.2, 0.25) is 0 Å². The minimum absolute atomic E-state index is 0.00507. The van der Waals surface area contributed by atoms with E-state index in [1.165, 1.54) is 10.9 Å². The molecule has 1 N–H and O–H groups in total. The summed E-state index contributed by atoms with van der Waals surface area (Å²) in [5, 5.41) is 6.86. The molecule has 1 aliphatic rings. The van der Waals surface area contributed by atoms with E-state index in [0.717, 1.165) is 4.47 Å². The fourth-order valence-electron chi connectivity index (χ4n) is 2.14. The number of halogens is 3. The van der Waals surface area contributed by atoms with Crippen LogP contribution in [0.2, 0.25) is 0 Å². The van der Waals surface area contributed by atoms with Crippen LogP contribution in [0.25, 0.3) is 5.69 Å². The lowest BCUT2D eigenvalue weighted by Crippen LogP contribution is -2.14. The van der Waals surface area contributed by atoms with E-state index in [0.29, 0.717) is 5.69 Å². The molecule has 1 aromatic carbocycles. The van der Waals surface area contributed by atoms with E-state index >= 15 is 0 Å². The second-order valence-electron chi connectivity index (χ2n) is 5.20. The van der Waals surface area contributed by atoms with Crippen molar-refractivity contribution >= 4 is 27.6 Å². The van der Waals surface area contributed by atoms with Gasteiger partial charge in [-0.3, -0.25) is 0 Å². The largest absolute Gasteiger partial charge is 0.461 e. The van der Waals surface area contributed by atoms with E-state index < -0.39 is 17.9 Å². The molecular weight excluding hydrogens is 372 g/mol. The molecule has 2 aromatic rings. The maximum Gasteiger partial charge on any atom is 0.361 e. The Balaban J connectivity index is 1.94. The molecule has 1 aliphatic carbocycles. The van der Waals surface area contributed by atoms with E-state index in [4.69, 9.17) is 4.74 Å². The van der Waals surface area contributed by atoms with Crippen molar-refractivity contribution in [3.8, 4) is 5.69 Å². The highest BCUT2D eigenvalue weighted by Gasteiger charge is 2.57. The highest BCUT2D eigenvalue weighted by atomic mass is 79.9. The first kappa shape index (κ1) is 15.9. The number of anilines is 1. The maximum atomic E-state index is 13.1. The van der Waals surface area contributed by atoms with Gasteiger partial charge in [-0.2, -0.15) is 5.10 Å². The van der Waals surface area contributed by atoms with Crippen molar-refractivity contribution in [2.24, 2.45) is 0 Å². The van der Waals surface area contributed by atoms with Crippen molar-refractivity contribution in [3.05, 3.63) is 40.6 Å². The summed E-state index contributed by atoms with van der Waals surface area (Å²) in [5.41, 5.74) is 0.931. The molecule has 1 fully saturated rings. The lowest BCUT2D eigenvalue weighted by atomic mass is 10.3. The minimum atomic E-state index is -2.75. The Kier molecular flexibility index (Phi) is 4.09. The van der Waals surface area contributed by atoms with Crippen LogP contribution in [0.4, 0.5) is 14.5 Å². The monoisotopic (exact) mass is 385 g/mol. The molecule has 1 unspecified atom stereocenters. The fraction of sp³-hybridized carbons (Fsp3) is 0.333. The van der Waals surface area contributed by atoms with Gasteiger partial charge in [-0.1, -0.05) is 22.0 Å². The summed E-state index contributed by atoms with van der Waals surface area (Å²) in [6, 6.07) is 6.28. The van der Waals surface area contributed by atoms with Crippen LogP contribution >= 0.6 is 15.9 Å². The number of aromatic nitrogens is 2. The second kappa shape index (κ2) is 5.92. The number of nitrogens with zero attached hydrogens (tertiary/aromatic N) is 2. The molecule has 0 radical (unpaired) electrons. The molecule has 1 saturated carbocycles. The van der Waals surface area contributed by atoms with Gasteiger partial charge in [-0.25, -0.2) is 18.3 Å². The zero-order chi connectivity index (χ0) is 16.6. The molecule has 0 bridgehead atoms. The smallest absolute Gasteiger partial charge is 0.361 e. The molecule has 8 heteroatoms. The third-order valence-corrected chi connectivity index (χ3v) is 3.90. The Hall–Kier alpha value is -1.96. The number of esters is 1. The number of carbonyl (C=O) groups excluding carboxylic acids is 1. The number of rotatable bonds is 5. The maximum absolute atomic E-state index is 13.1. The highest BCUT2D eigenvalue weighted by molar-refractivity contribution is 9.10. The second-order valence-corrected chi connectivity index (χ2v) is 6.11. The quantitative estimate of drug-likeness (QED) is 0.798. The summed E-state index contributed by atoms with van der Waals surface area (Å²) in [7, 11) is 0. The summed E-state index contributed by atoms with van der Waals surface area (Å²) < 4.78 is 33.5. The van der Waals surface area contributed by atoms with Crippen molar-refractivity contribution in [3.63, 3.8) is 0 Å². The number of hydrogen-bond donors (Lipinski definition) is 1. The number of alkyl halides is 2. The van der Waals surface area contributed by atoms with Gasteiger partial charge in [0.15, 0.2) is 5.69 Å². The standard InChI is InChI=1S/C15H14BrF2N3O2/c1-2-23-14(22)13-11(19-12-7-15(12,17)18)8-21(20-13)10-5-3-4-9(16)6-10/h3-6,8,12,19H,2,7H2,1H3. The van der Waals surface area contributed by atoms with Crippen molar-refractivity contribution in [2.75, 3.05) is 11.9 Å². The van der Waals surface area contributed by atoms with Crippen LogP contribution in [-0.2, 0) is 4.74 Å². The van der Waals surface area contributed by atoms with Crippen molar-refractivity contribution in [1.82, 2.24) is 9.78 Å². The van der Waals surface area contributed by atoms with Crippen LogP contribution in [0.3, 0.4) is 0 Å². The first-order chi connectivity index (χ1) is 10.9. The minimum Gasteiger partial charge on any atom is -0.461 e. The van der Waals surface area contributed by atoms with Crippen molar-refractivity contribution < 1.29 is 18.3 Å². The molecule has 0 spiro atoms. The van der Waals surface area contributed by atoms with Crippen LogP contribution < -0.4 is 5.32 Å². The zero-order valence-corrected chi connectivity index (χ0v) is 13.8. The van der Waals surface area contributed by atoms with Crippen molar-refractivity contribution in [2.45, 2.75) is 25.3 Å². The molecule has 0 amide bonds. The van der Waals surface area contributed by atoms with Crippen LogP contribution in [0, 0.1) is 0 Å². The van der Waals surface area contributed by atoms with Gasteiger partial charge in [0, 0.05) is 10.9 Å². The summed E-state index contributed by atoms with van der Waals surface area (Å²) in [5.74, 6) is -3.39. The predicted molar refractivity (Wildman–Crippen MR) is 84.2 cm³/mol. The molecular formula is C15H14BrF2N3O2. The van der Waals surface area contributed by atoms with Gasteiger partial charge in [-0.15, -0.1) is 0 Å². The summed E-state index contributed by atoms with van der Waals surface area (Å²) in [6.07, 6.45) is 1.26. The van der Waals surface area contributed by atoms with Gasteiger partial charge in [0.05, 0.1) is 30.2 Å². The van der Waals surface area contributed by atoms with E-state index in [1.807, 2.05) is 12.1 Å². The topological polar surface area (TPSA) is 56.1 Å². The third-order valence-electron chi connectivity index (χ3n) is 3.41. The zero-order valence-electron chi connectivity index (χ0n) is 12.2. The Morgan fingerprint density at radius 1 is 1.57 bits per heavy atom. The molecule has 0 saturated heterocycles. The van der Waals surface area contributed by atoms with Crippen LogP contribution in [-0.4, -0.2) is 34.3 Å². The van der Waals surface area contributed by atoms with Gasteiger partial charge in [0.25, 0.3) is 5.92 Å². The fourth-order valence-corrected chi connectivity index (χ4v) is 2.53. The summed E-state index contributed by atoms with van der Waals surface area (Å²) in [6.45, 7) is 1.85.